The summed E-state index contributed by atoms with van der Waals surface area (Å²) in [7, 11) is 1.63. The molecular weight excluding hydrogens is 344 g/mol. The van der Waals surface area contributed by atoms with Crippen LogP contribution in [-0.4, -0.2) is 44.9 Å². The number of pyridine rings is 1. The summed E-state index contributed by atoms with van der Waals surface area (Å²) in [6.45, 7) is 2.64. The first kappa shape index (κ1) is 17.3. The molecule has 4 heterocycles. The van der Waals surface area contributed by atoms with Crippen LogP contribution in [0.2, 0.25) is 0 Å². The van der Waals surface area contributed by atoms with Gasteiger partial charge in [-0.25, -0.2) is 14.6 Å². The topological polar surface area (TPSA) is 86.0 Å². The van der Waals surface area contributed by atoms with E-state index in [-0.39, 0.29) is 5.56 Å². The van der Waals surface area contributed by atoms with Crippen molar-refractivity contribution in [2.75, 3.05) is 25.1 Å². The Bertz CT molecular complexity index is 969. The lowest BCUT2D eigenvalue weighted by atomic mass is 10.0. The van der Waals surface area contributed by atoms with Crippen LogP contribution in [-0.2, 0) is 17.9 Å². The first-order valence-corrected chi connectivity index (χ1v) is 8.77. The van der Waals surface area contributed by atoms with Gasteiger partial charge >= 0.3 is 0 Å². The molecule has 0 bridgehead atoms. The minimum atomic E-state index is -0.0873. The molecule has 0 spiro atoms. The third-order valence-corrected chi connectivity index (χ3v) is 4.52. The lowest BCUT2D eigenvalue weighted by Crippen LogP contribution is -2.50. The third-order valence-electron chi connectivity index (χ3n) is 4.52. The predicted octanol–water partition coefficient (Wildman–Crippen LogP) is 1.38. The van der Waals surface area contributed by atoms with Gasteiger partial charge in [0.15, 0.2) is 5.82 Å². The van der Waals surface area contributed by atoms with Crippen LogP contribution in [0, 0.1) is 5.92 Å². The van der Waals surface area contributed by atoms with Crippen molar-refractivity contribution in [2.24, 2.45) is 5.92 Å². The number of hydrogen-bond acceptors (Lipinski definition) is 7. The molecule has 0 saturated carbocycles. The summed E-state index contributed by atoms with van der Waals surface area (Å²) < 4.78 is 6.63. The molecule has 138 valence electrons. The van der Waals surface area contributed by atoms with Gasteiger partial charge in [0.25, 0.3) is 5.56 Å². The molecule has 0 aliphatic carbocycles. The molecule has 0 N–H and O–H groups in total. The lowest BCUT2D eigenvalue weighted by molar-refractivity contribution is 0.177. The monoisotopic (exact) mass is 364 g/mol. The number of hydrogen-bond donors (Lipinski definition) is 0. The third kappa shape index (κ3) is 3.85. The highest BCUT2D eigenvalue weighted by molar-refractivity contribution is 5.57. The highest BCUT2D eigenvalue weighted by Gasteiger charge is 2.29. The van der Waals surface area contributed by atoms with Crippen molar-refractivity contribution in [2.45, 2.75) is 13.2 Å². The molecule has 8 heteroatoms. The Hall–Kier alpha value is -3.13. The van der Waals surface area contributed by atoms with E-state index in [9.17, 15) is 4.79 Å². The molecule has 1 fully saturated rings. The first-order valence-electron chi connectivity index (χ1n) is 8.77. The van der Waals surface area contributed by atoms with Crippen molar-refractivity contribution in [3.63, 3.8) is 0 Å². The smallest absolute Gasteiger partial charge is 0.266 e. The Kier molecular flexibility index (Phi) is 4.88. The van der Waals surface area contributed by atoms with E-state index in [1.54, 1.807) is 42.5 Å². The molecule has 3 aromatic heterocycles. The van der Waals surface area contributed by atoms with Gasteiger partial charge in [-0.15, -0.1) is 0 Å². The quantitative estimate of drug-likeness (QED) is 0.653. The number of methoxy groups -OCH3 is 1. The number of rotatable bonds is 6. The molecule has 0 amide bonds. The SMILES string of the molecule is COCc1nccc(N2CC(Cn3nc(-c4ccncc4)ccc3=O)C2)n1. The van der Waals surface area contributed by atoms with Crippen LogP contribution in [0.3, 0.4) is 0 Å². The molecule has 3 aromatic rings. The summed E-state index contributed by atoms with van der Waals surface area (Å²) in [5.74, 6) is 1.91. The summed E-state index contributed by atoms with van der Waals surface area (Å²) in [5.41, 5.74) is 1.63. The highest BCUT2D eigenvalue weighted by Crippen LogP contribution is 2.23. The van der Waals surface area contributed by atoms with Crippen LogP contribution >= 0.6 is 0 Å². The predicted molar refractivity (Wildman–Crippen MR) is 100 cm³/mol. The molecule has 8 nitrogen and oxygen atoms in total. The van der Waals surface area contributed by atoms with Crippen LogP contribution in [0.15, 0.2) is 53.7 Å². The summed E-state index contributed by atoms with van der Waals surface area (Å²) in [4.78, 5) is 27.1. The van der Waals surface area contributed by atoms with E-state index in [4.69, 9.17) is 4.74 Å². The second kappa shape index (κ2) is 7.63. The molecule has 1 saturated heterocycles. The average molecular weight is 364 g/mol. The van der Waals surface area contributed by atoms with Gasteiger partial charge in [0.2, 0.25) is 0 Å². The maximum absolute atomic E-state index is 12.2. The fourth-order valence-electron chi connectivity index (χ4n) is 3.14. The molecule has 27 heavy (non-hydrogen) atoms. The zero-order valence-electron chi connectivity index (χ0n) is 15.0. The van der Waals surface area contributed by atoms with E-state index in [0.717, 1.165) is 30.2 Å². The molecule has 0 radical (unpaired) electrons. The Morgan fingerprint density at radius 2 is 1.93 bits per heavy atom. The van der Waals surface area contributed by atoms with Gasteiger partial charge in [0.1, 0.15) is 12.4 Å². The van der Waals surface area contributed by atoms with Crippen molar-refractivity contribution in [3.8, 4) is 11.3 Å². The minimum Gasteiger partial charge on any atom is -0.377 e. The standard InChI is InChI=1S/C19H20N6O2/c1-27-13-17-21-9-6-18(22-17)24-10-14(11-24)12-25-19(26)3-2-16(23-25)15-4-7-20-8-5-15/h2-9,14H,10-13H2,1H3. The fourth-order valence-corrected chi connectivity index (χ4v) is 3.14. The van der Waals surface area contributed by atoms with E-state index in [0.29, 0.717) is 24.9 Å². The van der Waals surface area contributed by atoms with Crippen LogP contribution in [0.5, 0.6) is 0 Å². The largest absolute Gasteiger partial charge is 0.377 e. The number of ether oxygens (including phenoxy) is 1. The second-order valence-corrected chi connectivity index (χ2v) is 6.51. The summed E-state index contributed by atoms with van der Waals surface area (Å²) in [6.07, 6.45) is 5.18. The van der Waals surface area contributed by atoms with Gasteiger partial charge in [-0.05, 0) is 24.3 Å². The van der Waals surface area contributed by atoms with Crippen molar-refractivity contribution >= 4 is 5.82 Å². The van der Waals surface area contributed by atoms with Crippen molar-refractivity contribution < 1.29 is 4.74 Å². The van der Waals surface area contributed by atoms with E-state index in [2.05, 4.69) is 25.0 Å². The Balaban J connectivity index is 1.43. The van der Waals surface area contributed by atoms with Crippen LogP contribution < -0.4 is 10.5 Å². The highest BCUT2D eigenvalue weighted by atomic mass is 16.5. The van der Waals surface area contributed by atoms with Gasteiger partial charge in [0.05, 0.1) is 12.2 Å². The van der Waals surface area contributed by atoms with Gasteiger partial charge in [0, 0.05) is 56.3 Å². The molecule has 0 aromatic carbocycles. The van der Waals surface area contributed by atoms with Crippen LogP contribution in [0.4, 0.5) is 5.82 Å². The summed E-state index contributed by atoms with van der Waals surface area (Å²) in [6, 6.07) is 8.98. The molecule has 1 aliphatic heterocycles. The maximum Gasteiger partial charge on any atom is 0.266 e. The minimum absolute atomic E-state index is 0.0873. The number of aromatic nitrogens is 5. The normalized spacial score (nSPS) is 14.2. The zero-order chi connectivity index (χ0) is 18.6. The van der Waals surface area contributed by atoms with Gasteiger partial charge in [-0.1, -0.05) is 0 Å². The number of nitrogens with zero attached hydrogens (tertiary/aromatic N) is 6. The van der Waals surface area contributed by atoms with Gasteiger partial charge in [-0.3, -0.25) is 9.78 Å². The average Bonchev–Trinajstić information content (AvgIpc) is 2.67. The van der Waals surface area contributed by atoms with Crippen molar-refractivity contribution in [1.82, 2.24) is 24.7 Å². The first-order chi connectivity index (χ1) is 13.2. The van der Waals surface area contributed by atoms with Crippen LogP contribution in [0.25, 0.3) is 11.3 Å². The molecular formula is C19H20N6O2. The van der Waals surface area contributed by atoms with E-state index >= 15 is 0 Å². The van der Waals surface area contributed by atoms with Gasteiger partial charge in [-0.2, -0.15) is 5.10 Å². The Morgan fingerprint density at radius 1 is 1.11 bits per heavy atom. The summed E-state index contributed by atoms with van der Waals surface area (Å²) >= 11 is 0. The lowest BCUT2D eigenvalue weighted by Gasteiger charge is -2.40. The Morgan fingerprint density at radius 3 is 2.70 bits per heavy atom. The maximum atomic E-state index is 12.2. The van der Waals surface area contributed by atoms with Crippen LogP contribution in [0.1, 0.15) is 5.82 Å². The molecule has 0 unspecified atom stereocenters. The molecule has 0 atom stereocenters. The summed E-state index contributed by atoms with van der Waals surface area (Å²) in [5, 5.41) is 4.52. The second-order valence-electron chi connectivity index (χ2n) is 6.51. The van der Waals surface area contributed by atoms with E-state index in [1.165, 1.54) is 0 Å². The van der Waals surface area contributed by atoms with Crippen molar-refractivity contribution in [3.05, 3.63) is 65.1 Å². The fraction of sp³-hybridized carbons (Fsp3) is 0.316. The van der Waals surface area contributed by atoms with Gasteiger partial charge < -0.3 is 9.64 Å². The zero-order valence-corrected chi connectivity index (χ0v) is 15.0. The van der Waals surface area contributed by atoms with E-state index in [1.807, 2.05) is 18.2 Å². The molecule has 1 aliphatic rings. The number of anilines is 1. The van der Waals surface area contributed by atoms with Crippen molar-refractivity contribution in [1.29, 1.82) is 0 Å². The van der Waals surface area contributed by atoms with E-state index < -0.39 is 0 Å². The molecule has 4 rings (SSSR count). The Labute approximate surface area is 156 Å².